The summed E-state index contributed by atoms with van der Waals surface area (Å²) in [5.41, 5.74) is 6.24. The van der Waals surface area contributed by atoms with Gasteiger partial charge in [0.05, 0.1) is 16.1 Å². The van der Waals surface area contributed by atoms with E-state index in [1.54, 1.807) is 0 Å². The molecule has 1 atom stereocenters. The van der Waals surface area contributed by atoms with Crippen molar-refractivity contribution in [2.24, 2.45) is 5.73 Å². The molecule has 4 nitrogen and oxygen atoms in total. The highest BCUT2D eigenvalue weighted by atomic mass is 35.5. The average molecular weight is 305 g/mol. The zero-order chi connectivity index (χ0) is 15.5. The van der Waals surface area contributed by atoms with Crippen molar-refractivity contribution in [3.63, 3.8) is 0 Å². The van der Waals surface area contributed by atoms with Crippen LogP contribution in [0.5, 0.6) is 5.75 Å². The van der Waals surface area contributed by atoms with Crippen LogP contribution in [0.2, 0.25) is 5.02 Å². The lowest BCUT2D eigenvalue weighted by Crippen LogP contribution is -2.48. The molecule has 21 heavy (non-hydrogen) atoms. The maximum atomic E-state index is 12.4. The Morgan fingerprint density at radius 1 is 1.29 bits per heavy atom. The van der Waals surface area contributed by atoms with Crippen molar-refractivity contribution in [2.75, 3.05) is 6.54 Å². The molecule has 2 aromatic carbocycles. The van der Waals surface area contributed by atoms with Gasteiger partial charge in [-0.1, -0.05) is 41.9 Å². The SMILES string of the molecule is CC(CN)(NC(=O)c1cc(O)ccc1Cl)c1ccccc1. The molecule has 0 aliphatic rings. The lowest BCUT2D eigenvalue weighted by Gasteiger charge is -2.30. The molecule has 0 bridgehead atoms. The van der Waals surface area contributed by atoms with E-state index in [1.807, 2.05) is 37.3 Å². The van der Waals surface area contributed by atoms with Crippen LogP contribution in [0.1, 0.15) is 22.8 Å². The monoisotopic (exact) mass is 304 g/mol. The largest absolute Gasteiger partial charge is 0.508 e. The third-order valence-corrected chi connectivity index (χ3v) is 3.73. The first-order chi connectivity index (χ1) is 9.96. The number of phenols is 1. The van der Waals surface area contributed by atoms with E-state index in [-0.39, 0.29) is 28.8 Å². The van der Waals surface area contributed by atoms with Crippen molar-refractivity contribution < 1.29 is 9.90 Å². The lowest BCUT2D eigenvalue weighted by molar-refractivity contribution is 0.0907. The molecule has 2 rings (SSSR count). The Morgan fingerprint density at radius 2 is 1.95 bits per heavy atom. The third kappa shape index (κ3) is 3.35. The highest BCUT2D eigenvalue weighted by Crippen LogP contribution is 2.24. The topological polar surface area (TPSA) is 75.3 Å². The number of hydrogen-bond acceptors (Lipinski definition) is 3. The number of halogens is 1. The predicted molar refractivity (Wildman–Crippen MR) is 83.4 cm³/mol. The van der Waals surface area contributed by atoms with Gasteiger partial charge in [-0.2, -0.15) is 0 Å². The molecule has 0 aromatic heterocycles. The summed E-state index contributed by atoms with van der Waals surface area (Å²) < 4.78 is 0. The molecular formula is C16H17ClN2O2. The van der Waals surface area contributed by atoms with Gasteiger partial charge in [0, 0.05) is 6.54 Å². The van der Waals surface area contributed by atoms with Gasteiger partial charge in [-0.15, -0.1) is 0 Å². The Balaban J connectivity index is 2.30. The molecule has 0 heterocycles. The van der Waals surface area contributed by atoms with Crippen molar-refractivity contribution in [1.82, 2.24) is 5.32 Å². The molecule has 0 radical (unpaired) electrons. The van der Waals surface area contributed by atoms with Gasteiger partial charge in [0.15, 0.2) is 0 Å². The number of carbonyl (C=O) groups is 1. The first-order valence-electron chi connectivity index (χ1n) is 6.53. The van der Waals surface area contributed by atoms with E-state index in [2.05, 4.69) is 5.32 Å². The van der Waals surface area contributed by atoms with E-state index in [0.29, 0.717) is 0 Å². The van der Waals surface area contributed by atoms with Crippen LogP contribution in [0.25, 0.3) is 0 Å². The smallest absolute Gasteiger partial charge is 0.253 e. The van der Waals surface area contributed by atoms with Gasteiger partial charge in [0.2, 0.25) is 0 Å². The fraction of sp³-hybridized carbons (Fsp3) is 0.188. The summed E-state index contributed by atoms with van der Waals surface area (Å²) in [5.74, 6) is -0.397. The molecule has 5 heteroatoms. The molecule has 2 aromatic rings. The van der Waals surface area contributed by atoms with E-state index in [9.17, 15) is 9.90 Å². The van der Waals surface area contributed by atoms with Crippen LogP contribution in [0.15, 0.2) is 48.5 Å². The Morgan fingerprint density at radius 3 is 2.57 bits per heavy atom. The fourth-order valence-corrected chi connectivity index (χ4v) is 2.26. The molecule has 0 spiro atoms. The molecule has 1 amide bonds. The summed E-state index contributed by atoms with van der Waals surface area (Å²) >= 11 is 6.01. The van der Waals surface area contributed by atoms with Gasteiger partial charge in [0.25, 0.3) is 5.91 Å². The number of amides is 1. The molecule has 0 fully saturated rings. The number of phenolic OH excluding ortho intramolecular Hbond substituents is 1. The minimum atomic E-state index is -0.715. The van der Waals surface area contributed by atoms with Gasteiger partial charge in [-0.3, -0.25) is 4.79 Å². The zero-order valence-corrected chi connectivity index (χ0v) is 12.4. The van der Waals surface area contributed by atoms with Gasteiger partial charge >= 0.3 is 0 Å². The number of nitrogens with one attached hydrogen (secondary N) is 1. The summed E-state index contributed by atoms with van der Waals surface area (Å²) in [7, 11) is 0. The van der Waals surface area contributed by atoms with Gasteiger partial charge in [-0.05, 0) is 30.7 Å². The van der Waals surface area contributed by atoms with Gasteiger partial charge < -0.3 is 16.2 Å². The average Bonchev–Trinajstić information content (AvgIpc) is 2.50. The van der Waals surface area contributed by atoms with Crippen LogP contribution in [0, 0.1) is 0 Å². The number of benzene rings is 2. The van der Waals surface area contributed by atoms with Crippen LogP contribution in [0.4, 0.5) is 0 Å². The summed E-state index contributed by atoms with van der Waals surface area (Å²) in [4.78, 5) is 12.4. The number of carbonyl (C=O) groups excluding carboxylic acids is 1. The number of nitrogens with two attached hydrogens (primary N) is 1. The van der Waals surface area contributed by atoms with Crippen molar-refractivity contribution in [1.29, 1.82) is 0 Å². The molecule has 0 saturated carbocycles. The van der Waals surface area contributed by atoms with Crippen molar-refractivity contribution in [2.45, 2.75) is 12.5 Å². The second kappa shape index (κ2) is 6.16. The lowest BCUT2D eigenvalue weighted by atomic mass is 9.91. The Hall–Kier alpha value is -2.04. The van der Waals surface area contributed by atoms with Crippen LogP contribution in [0.3, 0.4) is 0 Å². The highest BCUT2D eigenvalue weighted by molar-refractivity contribution is 6.33. The van der Waals surface area contributed by atoms with E-state index in [0.717, 1.165) is 5.56 Å². The molecule has 0 saturated heterocycles. The van der Waals surface area contributed by atoms with Gasteiger partial charge in [0.1, 0.15) is 5.75 Å². The predicted octanol–water partition coefficient (Wildman–Crippen LogP) is 2.65. The molecule has 0 aliphatic carbocycles. The molecular weight excluding hydrogens is 288 g/mol. The molecule has 0 aliphatic heterocycles. The van der Waals surface area contributed by atoms with Gasteiger partial charge in [-0.25, -0.2) is 0 Å². The summed E-state index contributed by atoms with van der Waals surface area (Å²) in [6.07, 6.45) is 0. The number of aromatic hydroxyl groups is 1. The van der Waals surface area contributed by atoms with Crippen LogP contribution < -0.4 is 11.1 Å². The fourth-order valence-electron chi connectivity index (χ4n) is 2.05. The van der Waals surface area contributed by atoms with E-state index in [1.165, 1.54) is 18.2 Å². The van der Waals surface area contributed by atoms with Crippen LogP contribution in [-0.2, 0) is 5.54 Å². The Kier molecular flexibility index (Phi) is 4.50. The second-order valence-electron chi connectivity index (χ2n) is 5.02. The standard InChI is InChI=1S/C16H17ClN2O2/c1-16(10-18,11-5-3-2-4-6-11)19-15(21)13-9-12(20)7-8-14(13)17/h2-9,20H,10,18H2,1H3,(H,19,21). The Labute approximate surface area is 128 Å². The highest BCUT2D eigenvalue weighted by Gasteiger charge is 2.28. The van der Waals surface area contributed by atoms with Crippen LogP contribution >= 0.6 is 11.6 Å². The molecule has 4 N–H and O–H groups in total. The normalized spacial score (nSPS) is 13.5. The zero-order valence-electron chi connectivity index (χ0n) is 11.6. The van der Waals surface area contributed by atoms with Crippen molar-refractivity contribution >= 4 is 17.5 Å². The number of rotatable bonds is 4. The van der Waals surface area contributed by atoms with Crippen molar-refractivity contribution in [3.8, 4) is 5.75 Å². The van der Waals surface area contributed by atoms with Crippen LogP contribution in [-0.4, -0.2) is 17.6 Å². The summed E-state index contributed by atoms with van der Waals surface area (Å²) in [6.45, 7) is 2.08. The minimum Gasteiger partial charge on any atom is -0.508 e. The maximum Gasteiger partial charge on any atom is 0.253 e. The van der Waals surface area contributed by atoms with E-state index >= 15 is 0 Å². The number of hydrogen-bond donors (Lipinski definition) is 3. The third-order valence-electron chi connectivity index (χ3n) is 3.40. The second-order valence-corrected chi connectivity index (χ2v) is 5.43. The molecule has 110 valence electrons. The minimum absolute atomic E-state index is 0.0151. The first-order valence-corrected chi connectivity index (χ1v) is 6.91. The summed E-state index contributed by atoms with van der Waals surface area (Å²) in [5, 5.41) is 12.7. The van der Waals surface area contributed by atoms with Crippen molar-refractivity contribution in [3.05, 3.63) is 64.7 Å². The van der Waals surface area contributed by atoms with E-state index < -0.39 is 5.54 Å². The van der Waals surface area contributed by atoms with E-state index in [4.69, 9.17) is 17.3 Å². The molecule has 1 unspecified atom stereocenters. The maximum absolute atomic E-state index is 12.4. The quantitative estimate of drug-likeness (QED) is 0.813. The summed E-state index contributed by atoms with van der Waals surface area (Å²) in [6, 6.07) is 13.7. The first kappa shape index (κ1) is 15.4. The Bertz CT molecular complexity index is 646.